The summed E-state index contributed by atoms with van der Waals surface area (Å²) in [6.07, 6.45) is 1.81. The fourth-order valence-electron chi connectivity index (χ4n) is 3.95. The normalized spacial score (nSPS) is 18.1. The van der Waals surface area contributed by atoms with E-state index in [1.165, 1.54) is 11.1 Å². The number of thiocarbonyl (C=S) groups is 1. The van der Waals surface area contributed by atoms with Gasteiger partial charge in [-0.3, -0.25) is 4.98 Å². The van der Waals surface area contributed by atoms with Gasteiger partial charge in [0.05, 0.1) is 11.7 Å². The van der Waals surface area contributed by atoms with Crippen molar-refractivity contribution in [3.63, 3.8) is 0 Å². The van der Waals surface area contributed by atoms with Crippen LogP contribution in [0.3, 0.4) is 0 Å². The van der Waals surface area contributed by atoms with Gasteiger partial charge in [0.15, 0.2) is 10.2 Å². The number of benzene rings is 2. The average Bonchev–Trinajstić information content (AvgIpc) is 3.41. The summed E-state index contributed by atoms with van der Waals surface area (Å²) in [5.41, 5.74) is 4.46. The average molecular weight is 458 g/mol. The summed E-state index contributed by atoms with van der Waals surface area (Å²) >= 11 is 7.42. The molecule has 1 N–H and O–H groups in total. The Morgan fingerprint density at radius 1 is 0.938 bits per heavy atom. The highest BCUT2D eigenvalue weighted by Gasteiger charge is 2.42. The third kappa shape index (κ3) is 4.04. The third-order valence-corrected chi connectivity index (χ3v) is 6.97. The Labute approximate surface area is 197 Å². The largest absolute Gasteiger partial charge is 0.452 e. The minimum atomic E-state index is -0.148. The van der Waals surface area contributed by atoms with E-state index >= 15 is 0 Å². The van der Waals surface area contributed by atoms with Crippen LogP contribution in [0.15, 0.2) is 99.5 Å². The topological polar surface area (TPSA) is 41.3 Å². The lowest BCUT2D eigenvalue weighted by molar-refractivity contribution is 0.383. The van der Waals surface area contributed by atoms with Gasteiger partial charge in [0.1, 0.15) is 11.8 Å². The minimum Gasteiger partial charge on any atom is -0.452 e. The molecule has 1 fully saturated rings. The molecule has 0 saturated carbocycles. The molecule has 32 heavy (non-hydrogen) atoms. The standard InChI is InChI=1S/C26H23N3OS2/c1-17-11-12-19(16-18(17)2)29-25(24(28-26(29)31)21-10-6-7-15-27-21)22-13-14-23(30-22)32-20-8-4-3-5-9-20/h3-16,24-25H,1-2H3,(H,28,31)/t24-,25-/m0/s1. The molecule has 160 valence electrons. The maximum Gasteiger partial charge on any atom is 0.174 e. The first-order valence-electron chi connectivity index (χ1n) is 10.5. The van der Waals surface area contributed by atoms with E-state index in [1.807, 2.05) is 48.7 Å². The molecule has 2 aromatic carbocycles. The number of anilines is 1. The fraction of sp³-hybridized carbons (Fsp3) is 0.154. The van der Waals surface area contributed by atoms with Gasteiger partial charge in [-0.2, -0.15) is 0 Å². The molecule has 5 rings (SSSR count). The monoisotopic (exact) mass is 457 g/mol. The van der Waals surface area contributed by atoms with Gasteiger partial charge in [0.2, 0.25) is 0 Å². The predicted molar refractivity (Wildman–Crippen MR) is 133 cm³/mol. The zero-order valence-corrected chi connectivity index (χ0v) is 19.5. The highest BCUT2D eigenvalue weighted by atomic mass is 32.2. The molecule has 2 atom stereocenters. The zero-order chi connectivity index (χ0) is 22.1. The molecule has 3 heterocycles. The summed E-state index contributed by atoms with van der Waals surface area (Å²) < 4.78 is 6.37. The van der Waals surface area contributed by atoms with Crippen LogP contribution in [0.2, 0.25) is 0 Å². The number of aryl methyl sites for hydroxylation is 2. The third-order valence-electron chi connectivity index (χ3n) is 5.72. The second-order valence-electron chi connectivity index (χ2n) is 7.84. The smallest absolute Gasteiger partial charge is 0.174 e. The van der Waals surface area contributed by atoms with Crippen LogP contribution in [0.4, 0.5) is 5.69 Å². The first-order valence-corrected chi connectivity index (χ1v) is 11.7. The van der Waals surface area contributed by atoms with Gasteiger partial charge in [-0.25, -0.2) is 0 Å². The van der Waals surface area contributed by atoms with E-state index in [2.05, 4.69) is 65.4 Å². The Kier molecular flexibility index (Phi) is 5.72. The summed E-state index contributed by atoms with van der Waals surface area (Å²) in [6, 6.07) is 26.4. The van der Waals surface area contributed by atoms with E-state index in [0.717, 1.165) is 27.1 Å². The van der Waals surface area contributed by atoms with Gasteiger partial charge in [0.25, 0.3) is 0 Å². The molecule has 0 spiro atoms. The number of furan rings is 1. The van der Waals surface area contributed by atoms with Crippen molar-refractivity contribution in [3.05, 3.63) is 108 Å². The van der Waals surface area contributed by atoms with Crippen LogP contribution >= 0.6 is 24.0 Å². The lowest BCUT2D eigenvalue weighted by Crippen LogP contribution is -2.29. The van der Waals surface area contributed by atoms with Gasteiger partial charge in [-0.1, -0.05) is 42.1 Å². The lowest BCUT2D eigenvalue weighted by Gasteiger charge is -2.26. The van der Waals surface area contributed by atoms with E-state index in [4.69, 9.17) is 16.6 Å². The van der Waals surface area contributed by atoms with Gasteiger partial charge in [-0.05, 0) is 85.7 Å². The number of rotatable bonds is 5. The molecule has 1 aliphatic heterocycles. The summed E-state index contributed by atoms with van der Waals surface area (Å²) in [6.45, 7) is 4.24. The van der Waals surface area contributed by atoms with E-state index in [0.29, 0.717) is 5.11 Å². The highest BCUT2D eigenvalue weighted by Crippen LogP contribution is 2.43. The number of nitrogens with zero attached hydrogens (tertiary/aromatic N) is 2. The molecule has 2 aromatic heterocycles. The summed E-state index contributed by atoms with van der Waals surface area (Å²) in [7, 11) is 0. The number of aromatic nitrogens is 1. The number of nitrogens with one attached hydrogen (secondary N) is 1. The van der Waals surface area contributed by atoms with E-state index < -0.39 is 0 Å². The fourth-order valence-corrected chi connectivity index (χ4v) is 5.10. The van der Waals surface area contributed by atoms with Crippen LogP contribution < -0.4 is 10.2 Å². The van der Waals surface area contributed by atoms with Crippen LogP contribution in [-0.4, -0.2) is 10.1 Å². The maximum atomic E-state index is 6.37. The minimum absolute atomic E-state index is 0.119. The van der Waals surface area contributed by atoms with Crippen LogP contribution in [-0.2, 0) is 0 Å². The molecule has 0 amide bonds. The van der Waals surface area contributed by atoms with Crippen molar-refractivity contribution < 1.29 is 4.42 Å². The molecule has 4 aromatic rings. The van der Waals surface area contributed by atoms with E-state index in [9.17, 15) is 0 Å². The van der Waals surface area contributed by atoms with Crippen LogP contribution in [0, 0.1) is 13.8 Å². The second kappa shape index (κ2) is 8.81. The van der Waals surface area contributed by atoms with Crippen LogP contribution in [0.5, 0.6) is 0 Å². The molecule has 0 radical (unpaired) electrons. The Bertz CT molecular complexity index is 1240. The SMILES string of the molecule is Cc1ccc(N2C(=S)N[C@@H](c3ccccn3)[C@@H]2c2ccc(Sc3ccccc3)o2)cc1C. The molecule has 6 heteroatoms. The van der Waals surface area contributed by atoms with Crippen molar-refractivity contribution in [2.75, 3.05) is 4.90 Å². The van der Waals surface area contributed by atoms with Crippen molar-refractivity contribution in [2.45, 2.75) is 35.9 Å². The second-order valence-corrected chi connectivity index (χ2v) is 9.30. The van der Waals surface area contributed by atoms with Crippen molar-refractivity contribution in [2.24, 2.45) is 0 Å². The van der Waals surface area contributed by atoms with Gasteiger partial charge < -0.3 is 14.6 Å². The van der Waals surface area contributed by atoms with Crippen molar-refractivity contribution in [3.8, 4) is 0 Å². The van der Waals surface area contributed by atoms with Crippen LogP contribution in [0.25, 0.3) is 0 Å². The molecule has 1 saturated heterocycles. The number of hydrogen-bond acceptors (Lipinski definition) is 4. The molecular weight excluding hydrogens is 434 g/mol. The first-order chi connectivity index (χ1) is 15.6. The Balaban J connectivity index is 1.55. The van der Waals surface area contributed by atoms with Crippen LogP contribution in [0.1, 0.15) is 34.7 Å². The number of hydrogen-bond donors (Lipinski definition) is 1. The summed E-state index contributed by atoms with van der Waals surface area (Å²) in [5.74, 6) is 0.852. The zero-order valence-electron chi connectivity index (χ0n) is 17.9. The van der Waals surface area contributed by atoms with Crippen molar-refractivity contribution in [1.29, 1.82) is 0 Å². The maximum absolute atomic E-state index is 6.37. The van der Waals surface area contributed by atoms with Gasteiger partial charge in [0, 0.05) is 16.8 Å². The van der Waals surface area contributed by atoms with Gasteiger partial charge >= 0.3 is 0 Å². The molecule has 1 aliphatic rings. The lowest BCUT2D eigenvalue weighted by atomic mass is 10.0. The van der Waals surface area contributed by atoms with Crippen molar-refractivity contribution in [1.82, 2.24) is 10.3 Å². The quantitative estimate of drug-likeness (QED) is 0.340. The molecular formula is C26H23N3OS2. The Morgan fingerprint density at radius 2 is 1.75 bits per heavy atom. The number of pyridine rings is 1. The molecule has 4 nitrogen and oxygen atoms in total. The van der Waals surface area contributed by atoms with Gasteiger partial charge in [-0.15, -0.1) is 0 Å². The Morgan fingerprint density at radius 3 is 2.50 bits per heavy atom. The summed E-state index contributed by atoms with van der Waals surface area (Å²) in [4.78, 5) is 7.90. The highest BCUT2D eigenvalue weighted by molar-refractivity contribution is 7.99. The summed E-state index contributed by atoms with van der Waals surface area (Å²) in [5, 5.41) is 5.01. The molecule has 0 aliphatic carbocycles. The predicted octanol–water partition coefficient (Wildman–Crippen LogP) is 6.62. The van der Waals surface area contributed by atoms with E-state index in [1.54, 1.807) is 11.8 Å². The molecule has 0 unspecified atom stereocenters. The first kappa shape index (κ1) is 20.8. The van der Waals surface area contributed by atoms with E-state index in [-0.39, 0.29) is 12.1 Å². The molecule has 0 bridgehead atoms. The van der Waals surface area contributed by atoms with Crippen molar-refractivity contribution >= 4 is 34.8 Å². The Hall–Kier alpha value is -3.09.